The zero-order valence-electron chi connectivity index (χ0n) is 18.9. The molecular weight excluding hydrogens is 396 g/mol. The number of ether oxygens (including phenoxy) is 2. The number of amides is 2. The van der Waals surface area contributed by atoms with E-state index in [1.54, 1.807) is 0 Å². The van der Waals surface area contributed by atoms with Crippen LogP contribution in [0.25, 0.3) is 0 Å². The molecule has 0 saturated carbocycles. The standard InChI is InChI=1S/C23H36N4O4/c1-23(2,3)31-22(29)25-11-10-24-21(28)9-12-26-16-19-20(17-26)30-14-13-27(19)15-18-7-5-4-6-8-18/h4-8,19-20H,9-17H2,1-3H3,(H,24,28)(H,25,29)/t19-,20-/m0/s1. The van der Waals surface area contributed by atoms with Crippen LogP contribution in [0, 0.1) is 0 Å². The number of carbonyl (C=O) groups excluding carboxylic acids is 2. The number of hydrogen-bond acceptors (Lipinski definition) is 6. The predicted octanol–water partition coefficient (Wildman–Crippen LogP) is 1.60. The molecule has 0 bridgehead atoms. The summed E-state index contributed by atoms with van der Waals surface area (Å²) < 4.78 is 11.2. The van der Waals surface area contributed by atoms with E-state index in [0.29, 0.717) is 32.1 Å². The first-order valence-corrected chi connectivity index (χ1v) is 11.2. The molecule has 0 aromatic heterocycles. The molecule has 0 spiro atoms. The van der Waals surface area contributed by atoms with Crippen LogP contribution in [0.2, 0.25) is 0 Å². The van der Waals surface area contributed by atoms with Crippen molar-refractivity contribution >= 4 is 12.0 Å². The van der Waals surface area contributed by atoms with Gasteiger partial charge in [-0.05, 0) is 26.3 Å². The largest absolute Gasteiger partial charge is 0.444 e. The lowest BCUT2D eigenvalue weighted by molar-refractivity contribution is -0.121. The van der Waals surface area contributed by atoms with Crippen molar-refractivity contribution in [3.63, 3.8) is 0 Å². The fourth-order valence-corrected chi connectivity index (χ4v) is 4.06. The third-order valence-electron chi connectivity index (χ3n) is 5.49. The second-order valence-electron chi connectivity index (χ2n) is 9.22. The minimum absolute atomic E-state index is 0.0112. The first-order chi connectivity index (χ1) is 14.8. The second kappa shape index (κ2) is 10.9. The van der Waals surface area contributed by atoms with Crippen molar-refractivity contribution in [2.45, 2.75) is 51.5 Å². The van der Waals surface area contributed by atoms with Crippen LogP contribution in [-0.4, -0.2) is 85.4 Å². The monoisotopic (exact) mass is 432 g/mol. The van der Waals surface area contributed by atoms with Crippen molar-refractivity contribution in [1.29, 1.82) is 0 Å². The first kappa shape index (κ1) is 23.5. The van der Waals surface area contributed by atoms with E-state index in [1.165, 1.54) is 5.56 Å². The number of carbonyl (C=O) groups is 2. The molecule has 0 unspecified atom stereocenters. The van der Waals surface area contributed by atoms with Crippen LogP contribution in [0.3, 0.4) is 0 Å². The Bertz CT molecular complexity index is 722. The van der Waals surface area contributed by atoms with Crippen LogP contribution < -0.4 is 10.6 Å². The Morgan fingerprint density at radius 1 is 1.13 bits per heavy atom. The topological polar surface area (TPSA) is 83.1 Å². The number of fused-ring (bicyclic) bond motifs is 1. The lowest BCUT2D eigenvalue weighted by Gasteiger charge is -2.37. The molecule has 2 N–H and O–H groups in total. The van der Waals surface area contributed by atoms with Gasteiger partial charge in [0.25, 0.3) is 0 Å². The fraction of sp³-hybridized carbons (Fsp3) is 0.652. The van der Waals surface area contributed by atoms with Gasteiger partial charge in [-0.3, -0.25) is 14.6 Å². The van der Waals surface area contributed by atoms with Gasteiger partial charge in [-0.1, -0.05) is 30.3 Å². The van der Waals surface area contributed by atoms with E-state index in [1.807, 2.05) is 26.8 Å². The van der Waals surface area contributed by atoms with Crippen LogP contribution in [0.5, 0.6) is 0 Å². The van der Waals surface area contributed by atoms with Crippen LogP contribution in [0.4, 0.5) is 4.79 Å². The van der Waals surface area contributed by atoms with E-state index in [0.717, 1.165) is 32.8 Å². The molecule has 172 valence electrons. The summed E-state index contributed by atoms with van der Waals surface area (Å²) in [6.07, 6.45) is 0.171. The SMILES string of the molecule is CC(C)(C)OC(=O)NCCNC(=O)CCN1C[C@@H]2OCCN(Cc3ccccc3)[C@H]2C1. The highest BCUT2D eigenvalue weighted by Crippen LogP contribution is 2.24. The van der Waals surface area contributed by atoms with Gasteiger partial charge in [0.1, 0.15) is 5.60 Å². The summed E-state index contributed by atoms with van der Waals surface area (Å²) in [5.41, 5.74) is 0.793. The maximum absolute atomic E-state index is 12.2. The van der Waals surface area contributed by atoms with Gasteiger partial charge in [0.05, 0.1) is 18.8 Å². The quantitative estimate of drug-likeness (QED) is 0.608. The smallest absolute Gasteiger partial charge is 0.407 e. The fourth-order valence-electron chi connectivity index (χ4n) is 4.06. The maximum Gasteiger partial charge on any atom is 0.407 e. The van der Waals surface area contributed by atoms with Gasteiger partial charge >= 0.3 is 6.09 Å². The lowest BCUT2D eigenvalue weighted by Crippen LogP contribution is -2.50. The van der Waals surface area contributed by atoms with Gasteiger partial charge in [0.15, 0.2) is 0 Å². The van der Waals surface area contributed by atoms with Crippen molar-refractivity contribution in [2.75, 3.05) is 45.9 Å². The molecule has 2 aliphatic heterocycles. The third-order valence-corrected chi connectivity index (χ3v) is 5.49. The summed E-state index contributed by atoms with van der Waals surface area (Å²) in [5, 5.41) is 5.49. The third kappa shape index (κ3) is 7.79. The molecule has 3 rings (SSSR count). The van der Waals surface area contributed by atoms with E-state index < -0.39 is 11.7 Å². The summed E-state index contributed by atoms with van der Waals surface area (Å²) in [4.78, 5) is 28.6. The normalized spacial score (nSPS) is 22.0. The molecule has 1 aromatic rings. The van der Waals surface area contributed by atoms with Crippen molar-refractivity contribution in [2.24, 2.45) is 0 Å². The lowest BCUT2D eigenvalue weighted by atomic mass is 10.1. The Labute approximate surface area is 185 Å². The van der Waals surface area contributed by atoms with E-state index in [2.05, 4.69) is 44.7 Å². The highest BCUT2D eigenvalue weighted by Gasteiger charge is 2.39. The molecule has 0 radical (unpaired) electrons. The highest BCUT2D eigenvalue weighted by atomic mass is 16.6. The molecule has 2 amide bonds. The Morgan fingerprint density at radius 2 is 1.87 bits per heavy atom. The number of rotatable bonds is 8. The maximum atomic E-state index is 12.2. The molecule has 1 aromatic carbocycles. The van der Waals surface area contributed by atoms with Gasteiger partial charge in [-0.2, -0.15) is 0 Å². The van der Waals surface area contributed by atoms with Crippen LogP contribution in [-0.2, 0) is 20.8 Å². The first-order valence-electron chi connectivity index (χ1n) is 11.2. The number of benzene rings is 1. The number of nitrogens with zero attached hydrogens (tertiary/aromatic N) is 2. The van der Waals surface area contributed by atoms with E-state index >= 15 is 0 Å². The number of morpholine rings is 1. The summed E-state index contributed by atoms with van der Waals surface area (Å²) in [7, 11) is 0. The van der Waals surface area contributed by atoms with Gasteiger partial charge in [-0.15, -0.1) is 0 Å². The van der Waals surface area contributed by atoms with Gasteiger partial charge < -0.3 is 20.1 Å². The van der Waals surface area contributed by atoms with Crippen LogP contribution in [0.15, 0.2) is 30.3 Å². The summed E-state index contributed by atoms with van der Waals surface area (Å²) in [6.45, 7) is 11.3. The van der Waals surface area contributed by atoms with Gasteiger partial charge in [-0.25, -0.2) is 4.79 Å². The number of likely N-dealkylation sites (tertiary alicyclic amines) is 1. The minimum atomic E-state index is -0.527. The second-order valence-corrected chi connectivity index (χ2v) is 9.22. The highest BCUT2D eigenvalue weighted by molar-refractivity contribution is 5.76. The van der Waals surface area contributed by atoms with Crippen molar-refractivity contribution in [1.82, 2.24) is 20.4 Å². The van der Waals surface area contributed by atoms with Gasteiger partial charge in [0.2, 0.25) is 5.91 Å². The zero-order chi connectivity index (χ0) is 22.3. The molecule has 2 atom stereocenters. The molecule has 2 fully saturated rings. The molecule has 8 nitrogen and oxygen atoms in total. The molecule has 2 saturated heterocycles. The summed E-state index contributed by atoms with van der Waals surface area (Å²) in [5.74, 6) is -0.0112. The van der Waals surface area contributed by atoms with Crippen molar-refractivity contribution < 1.29 is 19.1 Å². The molecule has 2 aliphatic rings. The molecule has 2 heterocycles. The van der Waals surface area contributed by atoms with E-state index in [-0.39, 0.29) is 12.0 Å². The average Bonchev–Trinajstić information content (AvgIpc) is 3.13. The minimum Gasteiger partial charge on any atom is -0.444 e. The molecular formula is C23H36N4O4. The Morgan fingerprint density at radius 3 is 2.61 bits per heavy atom. The van der Waals surface area contributed by atoms with Crippen molar-refractivity contribution in [3.8, 4) is 0 Å². The molecule has 0 aliphatic carbocycles. The Balaban J connectivity index is 1.34. The van der Waals surface area contributed by atoms with Gasteiger partial charge in [0, 0.05) is 52.2 Å². The average molecular weight is 433 g/mol. The number of hydrogen-bond donors (Lipinski definition) is 2. The zero-order valence-corrected chi connectivity index (χ0v) is 18.9. The Hall–Kier alpha value is -2.16. The van der Waals surface area contributed by atoms with E-state index in [4.69, 9.17) is 9.47 Å². The predicted molar refractivity (Wildman–Crippen MR) is 119 cm³/mol. The summed E-state index contributed by atoms with van der Waals surface area (Å²) >= 11 is 0. The van der Waals surface area contributed by atoms with Crippen LogP contribution in [0.1, 0.15) is 32.8 Å². The summed E-state index contributed by atoms with van der Waals surface area (Å²) in [6, 6.07) is 10.9. The number of nitrogens with one attached hydrogen (secondary N) is 2. The molecule has 31 heavy (non-hydrogen) atoms. The number of alkyl carbamates (subject to hydrolysis) is 1. The Kier molecular flexibility index (Phi) is 8.28. The van der Waals surface area contributed by atoms with Crippen LogP contribution >= 0.6 is 0 Å². The van der Waals surface area contributed by atoms with E-state index in [9.17, 15) is 9.59 Å². The van der Waals surface area contributed by atoms with Crippen molar-refractivity contribution in [3.05, 3.63) is 35.9 Å². The molecule has 8 heteroatoms.